The lowest BCUT2D eigenvalue weighted by molar-refractivity contribution is 0.102. The van der Waals surface area contributed by atoms with Crippen LogP contribution in [-0.4, -0.2) is 12.5 Å². The number of carbonyl (C=O) groups is 1. The minimum Gasteiger partial charge on any atom is -0.493 e. The highest BCUT2D eigenvalue weighted by molar-refractivity contribution is 6.42. The van der Waals surface area contributed by atoms with E-state index < -0.39 is 11.5 Å². The van der Waals surface area contributed by atoms with Crippen LogP contribution in [0.4, 0.5) is 5.69 Å². The SMILES string of the molecule is CCCOc1ccc2cc(C(=O)Nc3ccc(Cl)c(Cl)c3)c(=O)oc2c1. The van der Waals surface area contributed by atoms with Crippen LogP contribution in [0, 0.1) is 0 Å². The molecule has 0 saturated heterocycles. The van der Waals surface area contributed by atoms with Gasteiger partial charge in [-0.25, -0.2) is 4.79 Å². The molecule has 3 rings (SSSR count). The van der Waals surface area contributed by atoms with Crippen molar-refractivity contribution >= 4 is 45.8 Å². The monoisotopic (exact) mass is 391 g/mol. The molecule has 0 fully saturated rings. The molecule has 0 aliphatic heterocycles. The Morgan fingerprint density at radius 1 is 1.12 bits per heavy atom. The van der Waals surface area contributed by atoms with Crippen molar-refractivity contribution in [2.75, 3.05) is 11.9 Å². The maximum absolute atomic E-state index is 12.4. The summed E-state index contributed by atoms with van der Waals surface area (Å²) in [6.07, 6.45) is 0.871. The molecule has 2 aromatic carbocycles. The van der Waals surface area contributed by atoms with E-state index in [4.69, 9.17) is 32.4 Å². The lowest BCUT2D eigenvalue weighted by Crippen LogP contribution is -2.20. The predicted octanol–water partition coefficient (Wildman–Crippen LogP) is 5.14. The molecular weight excluding hydrogens is 377 g/mol. The Balaban J connectivity index is 1.89. The normalized spacial score (nSPS) is 10.7. The maximum atomic E-state index is 12.4. The number of hydrogen-bond acceptors (Lipinski definition) is 4. The highest BCUT2D eigenvalue weighted by Gasteiger charge is 2.15. The summed E-state index contributed by atoms with van der Waals surface area (Å²) < 4.78 is 10.8. The van der Waals surface area contributed by atoms with Crippen molar-refractivity contribution in [1.29, 1.82) is 0 Å². The van der Waals surface area contributed by atoms with Gasteiger partial charge in [0.15, 0.2) is 0 Å². The van der Waals surface area contributed by atoms with Crippen molar-refractivity contribution in [2.45, 2.75) is 13.3 Å². The molecule has 134 valence electrons. The Morgan fingerprint density at radius 3 is 2.65 bits per heavy atom. The first kappa shape index (κ1) is 18.3. The van der Waals surface area contributed by atoms with Crippen LogP contribution in [0.1, 0.15) is 23.7 Å². The van der Waals surface area contributed by atoms with Gasteiger partial charge in [0.25, 0.3) is 5.91 Å². The van der Waals surface area contributed by atoms with E-state index in [-0.39, 0.29) is 5.56 Å². The number of ether oxygens (including phenoxy) is 1. The molecule has 0 unspecified atom stereocenters. The van der Waals surface area contributed by atoms with Crippen molar-refractivity contribution in [2.24, 2.45) is 0 Å². The smallest absolute Gasteiger partial charge is 0.349 e. The highest BCUT2D eigenvalue weighted by atomic mass is 35.5. The van der Waals surface area contributed by atoms with Gasteiger partial charge < -0.3 is 14.5 Å². The number of carbonyl (C=O) groups excluding carboxylic acids is 1. The molecule has 5 nitrogen and oxygen atoms in total. The maximum Gasteiger partial charge on any atom is 0.349 e. The molecule has 3 aromatic rings. The molecule has 1 N–H and O–H groups in total. The van der Waals surface area contributed by atoms with Gasteiger partial charge in [-0.15, -0.1) is 0 Å². The van der Waals surface area contributed by atoms with E-state index in [0.717, 1.165) is 6.42 Å². The van der Waals surface area contributed by atoms with E-state index in [1.807, 2.05) is 6.92 Å². The standard InChI is InChI=1S/C19H15Cl2NO4/c1-2-7-25-13-5-3-11-8-14(19(24)26-17(11)10-13)18(23)22-12-4-6-15(20)16(21)9-12/h3-6,8-10H,2,7H2,1H3,(H,22,23). The largest absolute Gasteiger partial charge is 0.493 e. The second kappa shape index (κ2) is 7.81. The van der Waals surface area contributed by atoms with E-state index in [2.05, 4.69) is 5.32 Å². The van der Waals surface area contributed by atoms with Gasteiger partial charge in [-0.05, 0) is 42.8 Å². The molecule has 0 aliphatic rings. The van der Waals surface area contributed by atoms with Gasteiger partial charge in [-0.3, -0.25) is 4.79 Å². The van der Waals surface area contributed by atoms with Gasteiger partial charge in [-0.1, -0.05) is 30.1 Å². The number of anilines is 1. The van der Waals surface area contributed by atoms with Gasteiger partial charge in [0.2, 0.25) is 0 Å². The van der Waals surface area contributed by atoms with Crippen molar-refractivity contribution in [3.8, 4) is 5.75 Å². The zero-order valence-corrected chi connectivity index (χ0v) is 15.4. The summed E-state index contributed by atoms with van der Waals surface area (Å²) >= 11 is 11.8. The third-order valence-corrected chi connectivity index (χ3v) is 4.34. The molecule has 1 heterocycles. The fraction of sp³-hybridized carbons (Fsp3) is 0.158. The minimum absolute atomic E-state index is 0.106. The molecule has 1 aromatic heterocycles. The van der Waals surface area contributed by atoms with E-state index in [1.165, 1.54) is 12.1 Å². The van der Waals surface area contributed by atoms with Crippen molar-refractivity contribution in [3.05, 3.63) is 68.5 Å². The number of halogens is 2. The Kier molecular flexibility index (Phi) is 5.49. The van der Waals surface area contributed by atoms with Gasteiger partial charge in [0.1, 0.15) is 16.9 Å². The Labute approximate surface area is 159 Å². The Morgan fingerprint density at radius 2 is 1.92 bits per heavy atom. The second-order valence-corrected chi connectivity index (χ2v) is 6.39. The van der Waals surface area contributed by atoms with Gasteiger partial charge in [-0.2, -0.15) is 0 Å². The second-order valence-electron chi connectivity index (χ2n) is 5.58. The third kappa shape index (κ3) is 4.00. The quantitative estimate of drug-likeness (QED) is 0.611. The molecule has 7 heteroatoms. The predicted molar refractivity (Wildman–Crippen MR) is 103 cm³/mol. The van der Waals surface area contributed by atoms with E-state index in [0.29, 0.717) is 39.1 Å². The average Bonchev–Trinajstić information content (AvgIpc) is 2.62. The summed E-state index contributed by atoms with van der Waals surface area (Å²) in [4.78, 5) is 24.6. The topological polar surface area (TPSA) is 68.5 Å². The summed E-state index contributed by atoms with van der Waals surface area (Å²) in [6.45, 7) is 2.57. The first-order chi connectivity index (χ1) is 12.5. The molecular formula is C19H15Cl2NO4. The zero-order valence-electron chi connectivity index (χ0n) is 13.8. The summed E-state index contributed by atoms with van der Waals surface area (Å²) in [6, 6.07) is 11.3. The van der Waals surface area contributed by atoms with Crippen molar-refractivity contribution < 1.29 is 13.9 Å². The van der Waals surface area contributed by atoms with Crippen LogP contribution in [-0.2, 0) is 0 Å². The Bertz CT molecular complexity index is 1030. The number of rotatable bonds is 5. The zero-order chi connectivity index (χ0) is 18.7. The molecule has 0 aliphatic carbocycles. The average molecular weight is 392 g/mol. The summed E-state index contributed by atoms with van der Waals surface area (Å²) in [7, 11) is 0. The van der Waals surface area contributed by atoms with Crippen LogP contribution >= 0.6 is 23.2 Å². The summed E-state index contributed by atoms with van der Waals surface area (Å²) in [5.41, 5.74) is -0.0598. The number of amides is 1. The summed E-state index contributed by atoms with van der Waals surface area (Å²) in [5.74, 6) is 0.0147. The number of fused-ring (bicyclic) bond motifs is 1. The van der Waals surface area contributed by atoms with E-state index in [9.17, 15) is 9.59 Å². The third-order valence-electron chi connectivity index (χ3n) is 3.60. The van der Waals surface area contributed by atoms with E-state index in [1.54, 1.807) is 30.3 Å². The number of hydrogen-bond donors (Lipinski definition) is 1. The van der Waals surface area contributed by atoms with E-state index >= 15 is 0 Å². The van der Waals surface area contributed by atoms with Crippen LogP contribution in [0.3, 0.4) is 0 Å². The van der Waals surface area contributed by atoms with Crippen molar-refractivity contribution in [1.82, 2.24) is 0 Å². The molecule has 1 amide bonds. The fourth-order valence-electron chi connectivity index (χ4n) is 2.33. The highest BCUT2D eigenvalue weighted by Crippen LogP contribution is 2.25. The number of nitrogens with one attached hydrogen (secondary N) is 1. The fourth-order valence-corrected chi connectivity index (χ4v) is 2.63. The summed E-state index contributed by atoms with van der Waals surface area (Å²) in [5, 5.41) is 3.89. The first-order valence-corrected chi connectivity index (χ1v) is 8.70. The van der Waals surface area contributed by atoms with Crippen LogP contribution in [0.2, 0.25) is 10.0 Å². The van der Waals surface area contributed by atoms with Crippen LogP contribution in [0.25, 0.3) is 11.0 Å². The molecule has 26 heavy (non-hydrogen) atoms. The first-order valence-electron chi connectivity index (χ1n) is 7.95. The van der Waals surface area contributed by atoms with Gasteiger partial charge in [0.05, 0.1) is 16.7 Å². The minimum atomic E-state index is -0.734. The van der Waals surface area contributed by atoms with Crippen molar-refractivity contribution in [3.63, 3.8) is 0 Å². The van der Waals surface area contributed by atoms with Gasteiger partial charge >= 0.3 is 5.63 Å². The molecule has 0 atom stereocenters. The molecule has 0 bridgehead atoms. The number of benzene rings is 2. The molecule has 0 spiro atoms. The lowest BCUT2D eigenvalue weighted by Gasteiger charge is -2.08. The van der Waals surface area contributed by atoms with Crippen LogP contribution in [0.5, 0.6) is 5.75 Å². The molecule has 0 radical (unpaired) electrons. The lowest BCUT2D eigenvalue weighted by atomic mass is 10.1. The molecule has 0 saturated carbocycles. The Hall–Kier alpha value is -2.50. The van der Waals surface area contributed by atoms with Gasteiger partial charge in [0, 0.05) is 17.1 Å². The van der Waals surface area contributed by atoms with Crippen LogP contribution in [0.15, 0.2) is 51.7 Å². The van der Waals surface area contributed by atoms with Crippen LogP contribution < -0.4 is 15.7 Å².